The largest absolute Gasteiger partial charge is 1.00 e. The molecule has 2 amide bonds. The minimum absolute atomic E-state index is 0. The third-order valence-corrected chi connectivity index (χ3v) is 7.30. The summed E-state index contributed by atoms with van der Waals surface area (Å²) in [6.45, 7) is 0.578. The van der Waals surface area contributed by atoms with Crippen molar-refractivity contribution in [2.75, 3.05) is 19.0 Å². The summed E-state index contributed by atoms with van der Waals surface area (Å²) in [6, 6.07) is 1.35. The summed E-state index contributed by atoms with van der Waals surface area (Å²) in [5.41, 5.74) is 5.50. The number of nitrogens with one attached hydrogen (secondary N) is 1. The van der Waals surface area contributed by atoms with E-state index in [1.807, 2.05) is 0 Å². The Morgan fingerprint density at radius 3 is 2.55 bits per heavy atom. The number of hydrogen-bond donors (Lipinski definition) is 1. The van der Waals surface area contributed by atoms with Gasteiger partial charge in [-0.1, -0.05) is 6.07 Å². The number of carbonyl (C=O) groups excluding carboxylic acids is 1. The molecule has 1 aliphatic heterocycles. The number of methoxy groups -OCH3 is 1. The minimum atomic E-state index is -4.27. The monoisotopic (exact) mass is 454 g/mol. The van der Waals surface area contributed by atoms with Crippen molar-refractivity contribution in [3.05, 3.63) is 39.2 Å². The van der Waals surface area contributed by atoms with E-state index in [2.05, 4.69) is 21.2 Å². The molecule has 2 aromatic rings. The van der Waals surface area contributed by atoms with Crippen LogP contribution in [0.2, 0.25) is 0 Å². The van der Waals surface area contributed by atoms with Crippen molar-refractivity contribution in [2.24, 2.45) is 0 Å². The fraction of sp³-hybridized carbons (Fsp3) is 0.500. The summed E-state index contributed by atoms with van der Waals surface area (Å²) in [5, 5.41) is 6.83. The molecule has 11 heteroatoms. The van der Waals surface area contributed by atoms with Gasteiger partial charge < -0.3 is 19.5 Å². The minimum Gasteiger partial charge on any atom is -0.474 e. The maximum Gasteiger partial charge on any atom is 1.00 e. The van der Waals surface area contributed by atoms with E-state index in [4.69, 9.17) is 9.47 Å². The molecule has 1 aromatic carbocycles. The van der Waals surface area contributed by atoms with Gasteiger partial charge in [-0.3, -0.25) is 4.79 Å². The first kappa shape index (κ1) is 22.6. The molecule has 2 heterocycles. The smallest absolute Gasteiger partial charge is 0.474 e. The van der Waals surface area contributed by atoms with Crippen molar-refractivity contribution in [1.82, 2.24) is 9.78 Å². The van der Waals surface area contributed by atoms with Gasteiger partial charge in [0.05, 0.1) is 12.7 Å². The zero-order chi connectivity index (χ0) is 20.9. The van der Waals surface area contributed by atoms with Crippen molar-refractivity contribution < 1.29 is 52.2 Å². The molecule has 0 saturated heterocycles. The number of rotatable bonds is 4. The Balaban J connectivity index is 0.00000231. The van der Waals surface area contributed by atoms with Crippen LogP contribution in [0.5, 0.6) is 5.88 Å². The van der Waals surface area contributed by atoms with Gasteiger partial charge >= 0.3 is 29.6 Å². The molecular weight excluding hydrogens is 431 g/mol. The van der Waals surface area contributed by atoms with Gasteiger partial charge in [-0.25, -0.2) is 13.1 Å². The molecule has 1 atom stereocenters. The van der Waals surface area contributed by atoms with E-state index in [0.29, 0.717) is 6.54 Å². The van der Waals surface area contributed by atoms with Crippen LogP contribution in [0.3, 0.4) is 0 Å². The van der Waals surface area contributed by atoms with E-state index in [1.165, 1.54) is 15.8 Å². The topological polar surface area (TPSA) is 114 Å². The number of aryl methyl sites for hydroxylation is 2. The molecule has 0 spiro atoms. The van der Waals surface area contributed by atoms with E-state index in [1.54, 1.807) is 7.11 Å². The summed E-state index contributed by atoms with van der Waals surface area (Å²) in [5.74, 6) is 0.0846. The van der Waals surface area contributed by atoms with Crippen molar-refractivity contribution in [3.63, 3.8) is 0 Å². The summed E-state index contributed by atoms with van der Waals surface area (Å²) in [6.07, 6.45) is 6.78. The van der Waals surface area contributed by atoms with Crippen LogP contribution in [0.15, 0.2) is 17.2 Å². The first-order valence-electron chi connectivity index (χ1n) is 10.1. The predicted octanol–water partition coefficient (Wildman–Crippen LogP) is -0.434. The fourth-order valence-corrected chi connectivity index (χ4v) is 5.55. The van der Waals surface area contributed by atoms with Gasteiger partial charge in [0.25, 0.3) is 0 Å². The van der Waals surface area contributed by atoms with Crippen molar-refractivity contribution in [1.29, 1.82) is 0 Å². The zero-order valence-corrected chi connectivity index (χ0v) is 20.5. The Hall–Kier alpha value is -1.59. The summed E-state index contributed by atoms with van der Waals surface area (Å²) >= 11 is 0. The Kier molecular flexibility index (Phi) is 6.37. The average Bonchev–Trinajstić information content (AvgIpc) is 3.45. The molecule has 1 aromatic heterocycles. The molecular formula is C20H23N4NaO5S. The number of hydrogen-bond acceptors (Lipinski definition) is 6. The van der Waals surface area contributed by atoms with Gasteiger partial charge in [-0.15, -0.1) is 0 Å². The Bertz CT molecular complexity index is 1100. The second kappa shape index (κ2) is 8.74. The van der Waals surface area contributed by atoms with Crippen LogP contribution in [0.1, 0.15) is 35.1 Å². The van der Waals surface area contributed by atoms with Gasteiger partial charge in [0.1, 0.15) is 12.7 Å². The molecule has 0 bridgehead atoms. The van der Waals surface area contributed by atoms with Crippen LogP contribution >= 0.6 is 0 Å². The van der Waals surface area contributed by atoms with E-state index < -0.39 is 16.1 Å². The second-order valence-corrected chi connectivity index (χ2v) is 9.47. The molecule has 0 radical (unpaired) electrons. The quantitative estimate of drug-likeness (QED) is 0.627. The summed E-state index contributed by atoms with van der Waals surface area (Å²) < 4.78 is 41.2. The molecule has 0 unspecified atom stereocenters. The number of sulfonamides is 1. The number of amides is 2. The van der Waals surface area contributed by atoms with Crippen LogP contribution in [-0.2, 0) is 47.0 Å². The molecule has 160 valence electrons. The van der Waals surface area contributed by atoms with Crippen LogP contribution in [0.4, 0.5) is 10.5 Å². The second-order valence-electron chi connectivity index (χ2n) is 7.90. The predicted molar refractivity (Wildman–Crippen MR) is 109 cm³/mol. The molecule has 2 aliphatic carbocycles. The van der Waals surface area contributed by atoms with E-state index >= 15 is 0 Å². The number of nitrogens with zero attached hydrogens (tertiary/aromatic N) is 3. The summed E-state index contributed by atoms with van der Waals surface area (Å²) in [7, 11) is -2.71. The number of carbonyl (C=O) groups is 1. The van der Waals surface area contributed by atoms with Crippen LogP contribution in [0.25, 0.3) is 4.72 Å². The number of fused-ring (bicyclic) bond motifs is 3. The third-order valence-electron chi connectivity index (χ3n) is 6.06. The molecule has 0 fully saturated rings. The van der Waals surface area contributed by atoms with Crippen molar-refractivity contribution in [2.45, 2.75) is 56.1 Å². The molecule has 9 nitrogen and oxygen atoms in total. The number of anilines is 1. The van der Waals surface area contributed by atoms with E-state index in [9.17, 15) is 13.2 Å². The van der Waals surface area contributed by atoms with E-state index in [-0.39, 0.29) is 53.0 Å². The van der Waals surface area contributed by atoms with Crippen LogP contribution in [-0.4, -0.2) is 44.1 Å². The fourth-order valence-electron chi connectivity index (χ4n) is 4.62. The van der Waals surface area contributed by atoms with Gasteiger partial charge in [0.2, 0.25) is 15.9 Å². The number of ether oxygens (including phenoxy) is 2. The molecule has 31 heavy (non-hydrogen) atoms. The number of aromatic nitrogens is 2. The third kappa shape index (κ3) is 4.11. The van der Waals surface area contributed by atoms with E-state index in [0.717, 1.165) is 61.5 Å². The van der Waals surface area contributed by atoms with Crippen molar-refractivity contribution in [3.8, 4) is 5.88 Å². The molecule has 3 aliphatic rings. The Morgan fingerprint density at radius 1 is 1.23 bits per heavy atom. The maximum atomic E-state index is 12.8. The maximum absolute atomic E-state index is 12.8. The molecule has 5 rings (SSSR count). The van der Waals surface area contributed by atoms with Gasteiger partial charge in [-0.05, 0) is 66.5 Å². The average molecular weight is 454 g/mol. The van der Waals surface area contributed by atoms with Gasteiger partial charge in [0, 0.05) is 7.11 Å². The first-order chi connectivity index (χ1) is 14.5. The standard InChI is InChI=1S/C20H24N4O5S.Na/c1-28-14-10-24-19(29-11-14)17(9-21-24)30(26,27)23-20(25)22-18-15-6-2-4-12(15)8-13-5-3-7-16(13)18;/h8-9,14H,2-7,10-11H2,1H3,(H2,22,23,25);/q;+1/p-1/t14-;/m1./s1. The molecule has 0 saturated carbocycles. The first-order valence-corrected chi connectivity index (χ1v) is 11.6. The van der Waals surface area contributed by atoms with Crippen molar-refractivity contribution >= 4 is 21.7 Å². The normalized spacial score (nSPS) is 18.9. The number of urea groups is 1. The van der Waals surface area contributed by atoms with Crippen LogP contribution < -0.4 is 39.6 Å². The summed E-state index contributed by atoms with van der Waals surface area (Å²) in [4.78, 5) is 12.4. The van der Waals surface area contributed by atoms with Crippen LogP contribution in [0, 0.1) is 0 Å². The molecule has 1 N–H and O–H groups in total. The Morgan fingerprint density at radius 2 is 1.90 bits per heavy atom. The number of benzene rings is 1. The Labute approximate surface area is 203 Å². The van der Waals surface area contributed by atoms with Gasteiger partial charge in [0.15, 0.2) is 10.9 Å². The van der Waals surface area contributed by atoms with Gasteiger partial charge in [-0.2, -0.15) is 5.10 Å². The SMILES string of the molecule is CO[C@H]1COc2c(S(=O)(=O)[N-]C(=O)Nc3c4c(cc5c3CCC5)CCC4)cnn2C1.[Na+]. The zero-order valence-electron chi connectivity index (χ0n) is 17.7.